The van der Waals surface area contributed by atoms with E-state index in [4.69, 9.17) is 4.74 Å². The van der Waals surface area contributed by atoms with Crippen LogP contribution in [0.3, 0.4) is 0 Å². The van der Waals surface area contributed by atoms with Crippen LogP contribution < -0.4 is 5.32 Å². The summed E-state index contributed by atoms with van der Waals surface area (Å²) < 4.78 is 5.60. The highest BCUT2D eigenvalue weighted by Crippen LogP contribution is 2.21. The van der Waals surface area contributed by atoms with Gasteiger partial charge >= 0.3 is 0 Å². The molecule has 0 radical (unpaired) electrons. The van der Waals surface area contributed by atoms with Crippen LogP contribution in [-0.2, 0) is 4.74 Å². The molecule has 2 saturated heterocycles. The number of nitrogens with zero attached hydrogens (tertiary/aromatic N) is 1. The van der Waals surface area contributed by atoms with Crippen molar-refractivity contribution in [1.82, 2.24) is 10.2 Å². The van der Waals surface area contributed by atoms with E-state index in [9.17, 15) is 0 Å². The maximum Gasteiger partial charge on any atom is 0.0510 e. The predicted octanol–water partition coefficient (Wildman–Crippen LogP) is 2.66. The van der Waals surface area contributed by atoms with Gasteiger partial charge in [-0.05, 0) is 45.7 Å². The second-order valence-electron chi connectivity index (χ2n) is 6.38. The second-order valence-corrected chi connectivity index (χ2v) is 6.38. The van der Waals surface area contributed by atoms with Crippen LogP contribution in [0.25, 0.3) is 0 Å². The lowest BCUT2D eigenvalue weighted by atomic mass is 9.97. The van der Waals surface area contributed by atoms with E-state index in [1.54, 1.807) is 0 Å². The average Bonchev–Trinajstić information content (AvgIpc) is 2.87. The van der Waals surface area contributed by atoms with Crippen LogP contribution in [0.2, 0.25) is 0 Å². The van der Waals surface area contributed by atoms with Crippen LogP contribution in [0.15, 0.2) is 0 Å². The fourth-order valence-electron chi connectivity index (χ4n) is 3.44. The van der Waals surface area contributed by atoms with E-state index in [0.717, 1.165) is 31.7 Å². The topological polar surface area (TPSA) is 24.5 Å². The van der Waals surface area contributed by atoms with E-state index in [1.807, 2.05) is 0 Å². The van der Waals surface area contributed by atoms with Crippen molar-refractivity contribution in [3.8, 4) is 0 Å². The maximum atomic E-state index is 5.60. The molecule has 2 aliphatic rings. The molecule has 3 unspecified atom stereocenters. The van der Waals surface area contributed by atoms with Crippen molar-refractivity contribution in [3.05, 3.63) is 0 Å². The summed E-state index contributed by atoms with van der Waals surface area (Å²) in [6.07, 6.45) is 8.05. The highest BCUT2D eigenvalue weighted by molar-refractivity contribution is 4.84. The molecule has 3 atom stereocenters. The van der Waals surface area contributed by atoms with Crippen LogP contribution in [-0.4, -0.2) is 49.8 Å². The molecule has 0 spiro atoms. The van der Waals surface area contributed by atoms with Crippen molar-refractivity contribution in [2.75, 3.05) is 32.8 Å². The summed E-state index contributed by atoms with van der Waals surface area (Å²) in [5.41, 5.74) is 0. The van der Waals surface area contributed by atoms with Gasteiger partial charge in [-0.15, -0.1) is 0 Å². The first-order valence-electron chi connectivity index (χ1n) is 8.36. The highest BCUT2D eigenvalue weighted by Gasteiger charge is 2.28. The van der Waals surface area contributed by atoms with Gasteiger partial charge in [-0.25, -0.2) is 0 Å². The molecular formula is C16H32N2O. The van der Waals surface area contributed by atoms with Gasteiger partial charge in [0.1, 0.15) is 0 Å². The molecule has 0 amide bonds. The van der Waals surface area contributed by atoms with Gasteiger partial charge in [-0.2, -0.15) is 0 Å². The highest BCUT2D eigenvalue weighted by atomic mass is 16.5. The number of hydrogen-bond acceptors (Lipinski definition) is 3. The molecule has 19 heavy (non-hydrogen) atoms. The molecule has 0 aromatic carbocycles. The number of nitrogens with one attached hydrogen (secondary N) is 1. The first-order valence-corrected chi connectivity index (χ1v) is 8.36. The zero-order chi connectivity index (χ0) is 13.5. The molecule has 2 aliphatic heterocycles. The zero-order valence-electron chi connectivity index (χ0n) is 12.9. The van der Waals surface area contributed by atoms with Gasteiger partial charge in [0.05, 0.1) is 6.61 Å². The van der Waals surface area contributed by atoms with Gasteiger partial charge in [0.25, 0.3) is 0 Å². The smallest absolute Gasteiger partial charge is 0.0510 e. The number of likely N-dealkylation sites (tertiary alicyclic amines) is 1. The molecule has 2 rings (SSSR count). The van der Waals surface area contributed by atoms with Gasteiger partial charge in [0.15, 0.2) is 0 Å². The molecule has 2 fully saturated rings. The van der Waals surface area contributed by atoms with E-state index in [1.165, 1.54) is 51.6 Å². The molecule has 2 heterocycles. The molecule has 0 bridgehead atoms. The number of hydrogen-bond donors (Lipinski definition) is 1. The van der Waals surface area contributed by atoms with Gasteiger partial charge in [0, 0.05) is 31.2 Å². The Bertz CT molecular complexity index is 241. The summed E-state index contributed by atoms with van der Waals surface area (Å²) in [6.45, 7) is 10.2. The van der Waals surface area contributed by atoms with Gasteiger partial charge in [-0.3, -0.25) is 4.90 Å². The Hall–Kier alpha value is -0.120. The summed E-state index contributed by atoms with van der Waals surface area (Å²) in [7, 11) is 0. The molecule has 112 valence electrons. The molecule has 0 aromatic heterocycles. The maximum absolute atomic E-state index is 5.60. The first kappa shape index (κ1) is 15.3. The number of ether oxygens (including phenoxy) is 1. The number of rotatable bonds is 6. The summed E-state index contributed by atoms with van der Waals surface area (Å²) in [5.74, 6) is 0.724. The fourth-order valence-corrected chi connectivity index (χ4v) is 3.44. The lowest BCUT2D eigenvalue weighted by Crippen LogP contribution is -2.48. The van der Waals surface area contributed by atoms with E-state index in [0.29, 0.717) is 6.04 Å². The second kappa shape index (κ2) is 8.23. The van der Waals surface area contributed by atoms with Crippen LogP contribution in [0, 0.1) is 5.92 Å². The van der Waals surface area contributed by atoms with E-state index < -0.39 is 0 Å². The zero-order valence-corrected chi connectivity index (χ0v) is 12.9. The lowest BCUT2D eigenvalue weighted by molar-refractivity contribution is 0.145. The van der Waals surface area contributed by atoms with Gasteiger partial charge in [0.2, 0.25) is 0 Å². The Morgan fingerprint density at radius 1 is 1.26 bits per heavy atom. The Morgan fingerprint density at radius 2 is 2.16 bits per heavy atom. The summed E-state index contributed by atoms with van der Waals surface area (Å²) in [6, 6.07) is 1.39. The van der Waals surface area contributed by atoms with Crippen LogP contribution >= 0.6 is 0 Å². The van der Waals surface area contributed by atoms with Crippen molar-refractivity contribution >= 4 is 0 Å². The van der Waals surface area contributed by atoms with Crippen molar-refractivity contribution in [2.45, 2.75) is 64.5 Å². The van der Waals surface area contributed by atoms with E-state index in [2.05, 4.69) is 24.1 Å². The van der Waals surface area contributed by atoms with Crippen molar-refractivity contribution in [3.63, 3.8) is 0 Å². The normalized spacial score (nSPS) is 31.3. The minimum absolute atomic E-state index is 0.628. The average molecular weight is 268 g/mol. The molecule has 0 saturated carbocycles. The van der Waals surface area contributed by atoms with Crippen molar-refractivity contribution < 1.29 is 4.74 Å². The third kappa shape index (κ3) is 4.73. The quantitative estimate of drug-likeness (QED) is 0.801. The lowest BCUT2D eigenvalue weighted by Gasteiger charge is -2.34. The van der Waals surface area contributed by atoms with Gasteiger partial charge < -0.3 is 10.1 Å². The van der Waals surface area contributed by atoms with Crippen molar-refractivity contribution in [2.24, 2.45) is 5.92 Å². The summed E-state index contributed by atoms with van der Waals surface area (Å²) in [4.78, 5) is 2.72. The van der Waals surface area contributed by atoms with Crippen LogP contribution in [0.1, 0.15) is 52.4 Å². The first-order chi connectivity index (χ1) is 9.31. The summed E-state index contributed by atoms with van der Waals surface area (Å²) in [5, 5.41) is 3.78. The third-order valence-corrected chi connectivity index (χ3v) is 4.81. The molecule has 0 aliphatic carbocycles. The standard InChI is InChI=1S/C16H32N2O/c1-3-9-17-16(15-8-11-19-13-15)12-18-10-6-4-5-7-14(18)2/h14-17H,3-13H2,1-2H3. The van der Waals surface area contributed by atoms with Crippen LogP contribution in [0.4, 0.5) is 0 Å². The largest absolute Gasteiger partial charge is 0.381 e. The Labute approximate surface area is 119 Å². The SMILES string of the molecule is CCCNC(CN1CCCCCC1C)C1CCOC1. The van der Waals surface area contributed by atoms with E-state index >= 15 is 0 Å². The van der Waals surface area contributed by atoms with Crippen molar-refractivity contribution in [1.29, 1.82) is 0 Å². The predicted molar refractivity (Wildman–Crippen MR) is 80.5 cm³/mol. The molecule has 0 aromatic rings. The van der Waals surface area contributed by atoms with E-state index in [-0.39, 0.29) is 0 Å². The van der Waals surface area contributed by atoms with Gasteiger partial charge in [-0.1, -0.05) is 19.8 Å². The minimum atomic E-state index is 0.628. The third-order valence-electron chi connectivity index (χ3n) is 4.81. The Kier molecular flexibility index (Phi) is 6.62. The Balaban J connectivity index is 1.89. The minimum Gasteiger partial charge on any atom is -0.381 e. The molecule has 3 nitrogen and oxygen atoms in total. The molecule has 1 N–H and O–H groups in total. The Morgan fingerprint density at radius 3 is 2.89 bits per heavy atom. The molecular weight excluding hydrogens is 236 g/mol. The molecule has 3 heteroatoms. The van der Waals surface area contributed by atoms with Crippen LogP contribution in [0.5, 0.6) is 0 Å². The summed E-state index contributed by atoms with van der Waals surface area (Å²) >= 11 is 0. The fraction of sp³-hybridized carbons (Fsp3) is 1.00. The monoisotopic (exact) mass is 268 g/mol.